The molecule has 0 radical (unpaired) electrons. The Hall–Kier alpha value is -1.09. The van der Waals surface area contributed by atoms with Crippen LogP contribution in [0.25, 0.3) is 0 Å². The van der Waals surface area contributed by atoms with Gasteiger partial charge in [0.15, 0.2) is 0 Å². The lowest BCUT2D eigenvalue weighted by Crippen LogP contribution is -2.14. The predicted octanol–water partition coefficient (Wildman–Crippen LogP) is 3.43. The Kier molecular flexibility index (Phi) is 4.37. The Morgan fingerprint density at radius 2 is 2.35 bits per heavy atom. The van der Waals surface area contributed by atoms with Gasteiger partial charge in [0.25, 0.3) is 0 Å². The van der Waals surface area contributed by atoms with Gasteiger partial charge in [-0.3, -0.25) is 0 Å². The molecular formula is C14H20FNO. The summed E-state index contributed by atoms with van der Waals surface area (Å²) in [7, 11) is 0. The molecule has 1 atom stereocenters. The van der Waals surface area contributed by atoms with E-state index in [1.807, 2.05) is 0 Å². The minimum Gasteiger partial charge on any atom is -0.493 e. The van der Waals surface area contributed by atoms with Crippen LogP contribution in [0, 0.1) is 5.82 Å². The van der Waals surface area contributed by atoms with Gasteiger partial charge < -0.3 is 10.1 Å². The normalized spacial score (nSPS) is 19.5. The number of hydrogen-bond donors (Lipinski definition) is 1. The molecule has 0 bridgehead atoms. The van der Waals surface area contributed by atoms with Crippen LogP contribution >= 0.6 is 0 Å². The largest absolute Gasteiger partial charge is 0.493 e. The summed E-state index contributed by atoms with van der Waals surface area (Å²) < 4.78 is 19.0. The zero-order valence-corrected chi connectivity index (χ0v) is 10.3. The second-order valence-corrected chi connectivity index (χ2v) is 4.53. The molecule has 1 aromatic rings. The lowest BCUT2D eigenvalue weighted by molar-refractivity contribution is 0.303. The van der Waals surface area contributed by atoms with E-state index in [-0.39, 0.29) is 11.9 Å². The van der Waals surface area contributed by atoms with E-state index in [0.29, 0.717) is 6.61 Å². The first kappa shape index (κ1) is 12.4. The number of nitrogens with one attached hydrogen (secondary N) is 1. The first-order chi connectivity index (χ1) is 8.31. The highest BCUT2D eigenvalue weighted by Gasteiger charge is 2.20. The molecule has 0 aliphatic carbocycles. The molecule has 17 heavy (non-hydrogen) atoms. The highest BCUT2D eigenvalue weighted by molar-refractivity contribution is 5.37. The fraction of sp³-hybridized carbons (Fsp3) is 0.571. The summed E-state index contributed by atoms with van der Waals surface area (Å²) >= 11 is 0. The van der Waals surface area contributed by atoms with E-state index in [1.54, 1.807) is 12.1 Å². The zero-order chi connectivity index (χ0) is 12.1. The van der Waals surface area contributed by atoms with Crippen molar-refractivity contribution in [3.05, 3.63) is 29.6 Å². The van der Waals surface area contributed by atoms with Gasteiger partial charge in [0.05, 0.1) is 6.61 Å². The van der Waals surface area contributed by atoms with Crippen molar-refractivity contribution in [2.24, 2.45) is 0 Å². The van der Waals surface area contributed by atoms with Gasteiger partial charge in [-0.2, -0.15) is 0 Å². The van der Waals surface area contributed by atoms with Crippen molar-refractivity contribution >= 4 is 0 Å². The van der Waals surface area contributed by atoms with Crippen molar-refractivity contribution in [2.75, 3.05) is 13.2 Å². The Bertz CT molecular complexity index is 361. The van der Waals surface area contributed by atoms with Crippen LogP contribution in [-0.4, -0.2) is 13.2 Å². The second kappa shape index (κ2) is 6.01. The first-order valence-electron chi connectivity index (χ1n) is 6.47. The monoisotopic (exact) mass is 237 g/mol. The van der Waals surface area contributed by atoms with Gasteiger partial charge in [0, 0.05) is 11.6 Å². The van der Waals surface area contributed by atoms with Crippen LogP contribution in [0.2, 0.25) is 0 Å². The molecule has 0 aromatic heterocycles. The van der Waals surface area contributed by atoms with Gasteiger partial charge >= 0.3 is 0 Å². The molecule has 0 unspecified atom stereocenters. The quantitative estimate of drug-likeness (QED) is 0.792. The molecule has 0 saturated carbocycles. The summed E-state index contributed by atoms with van der Waals surface area (Å²) in [6.07, 6.45) is 4.36. The van der Waals surface area contributed by atoms with Crippen molar-refractivity contribution in [3.8, 4) is 5.75 Å². The van der Waals surface area contributed by atoms with Crippen LogP contribution in [0.15, 0.2) is 18.2 Å². The van der Waals surface area contributed by atoms with Crippen LogP contribution in [0.4, 0.5) is 4.39 Å². The molecule has 1 saturated heterocycles. The third kappa shape index (κ3) is 3.19. The van der Waals surface area contributed by atoms with E-state index >= 15 is 0 Å². The van der Waals surface area contributed by atoms with Gasteiger partial charge in [0.1, 0.15) is 11.6 Å². The maximum Gasteiger partial charge on any atom is 0.124 e. The minimum atomic E-state index is -0.184. The zero-order valence-electron chi connectivity index (χ0n) is 10.3. The smallest absolute Gasteiger partial charge is 0.124 e. The van der Waals surface area contributed by atoms with Crippen LogP contribution in [0.3, 0.4) is 0 Å². The second-order valence-electron chi connectivity index (χ2n) is 4.53. The first-order valence-corrected chi connectivity index (χ1v) is 6.47. The molecule has 1 aliphatic rings. The highest BCUT2D eigenvalue weighted by Crippen LogP contribution is 2.31. The minimum absolute atomic E-state index is 0.184. The predicted molar refractivity (Wildman–Crippen MR) is 66.8 cm³/mol. The van der Waals surface area contributed by atoms with Crippen molar-refractivity contribution in [1.82, 2.24) is 5.32 Å². The molecule has 0 amide bonds. The van der Waals surface area contributed by atoms with Crippen molar-refractivity contribution in [1.29, 1.82) is 0 Å². The third-order valence-corrected chi connectivity index (χ3v) is 3.16. The summed E-state index contributed by atoms with van der Waals surface area (Å²) in [6.45, 7) is 3.85. The van der Waals surface area contributed by atoms with Crippen molar-refractivity contribution in [3.63, 3.8) is 0 Å². The number of benzene rings is 1. The fourth-order valence-electron chi connectivity index (χ4n) is 2.20. The van der Waals surface area contributed by atoms with E-state index in [1.165, 1.54) is 6.07 Å². The number of rotatable bonds is 5. The van der Waals surface area contributed by atoms with Crippen LogP contribution in [0.1, 0.15) is 44.2 Å². The van der Waals surface area contributed by atoms with Crippen LogP contribution in [-0.2, 0) is 0 Å². The van der Waals surface area contributed by atoms with E-state index in [0.717, 1.165) is 43.5 Å². The van der Waals surface area contributed by atoms with Crippen molar-refractivity contribution in [2.45, 2.75) is 38.6 Å². The average molecular weight is 237 g/mol. The number of hydrogen-bond acceptors (Lipinski definition) is 2. The van der Waals surface area contributed by atoms with Crippen LogP contribution in [0.5, 0.6) is 5.75 Å². The molecular weight excluding hydrogens is 217 g/mol. The van der Waals surface area contributed by atoms with Gasteiger partial charge in [0.2, 0.25) is 0 Å². The van der Waals surface area contributed by atoms with E-state index in [9.17, 15) is 4.39 Å². The van der Waals surface area contributed by atoms with Gasteiger partial charge in [-0.05, 0) is 44.0 Å². The molecule has 94 valence electrons. The fourth-order valence-corrected chi connectivity index (χ4v) is 2.20. The lowest BCUT2D eigenvalue weighted by atomic mass is 10.0. The Morgan fingerprint density at radius 1 is 1.47 bits per heavy atom. The molecule has 2 rings (SSSR count). The molecule has 1 aromatic carbocycles. The third-order valence-electron chi connectivity index (χ3n) is 3.16. The molecule has 1 heterocycles. The number of halogens is 1. The summed E-state index contributed by atoms with van der Waals surface area (Å²) in [5.41, 5.74) is 0.971. The SMILES string of the molecule is CCCCOc1ccc(F)cc1[C@H]1CCCN1. The summed E-state index contributed by atoms with van der Waals surface area (Å²) in [6, 6.07) is 5.08. The Morgan fingerprint density at radius 3 is 3.06 bits per heavy atom. The molecule has 3 heteroatoms. The molecule has 1 aliphatic heterocycles. The summed E-state index contributed by atoms with van der Waals surface area (Å²) in [5.74, 6) is 0.649. The van der Waals surface area contributed by atoms with E-state index in [2.05, 4.69) is 12.2 Å². The molecule has 0 spiro atoms. The van der Waals surface area contributed by atoms with E-state index < -0.39 is 0 Å². The average Bonchev–Trinajstić information content (AvgIpc) is 2.85. The van der Waals surface area contributed by atoms with Gasteiger partial charge in [-0.25, -0.2) is 4.39 Å². The lowest BCUT2D eigenvalue weighted by Gasteiger charge is -2.16. The molecule has 1 fully saturated rings. The topological polar surface area (TPSA) is 21.3 Å². The maximum atomic E-state index is 13.3. The Labute approximate surface area is 102 Å². The van der Waals surface area contributed by atoms with Gasteiger partial charge in [-0.1, -0.05) is 13.3 Å². The number of ether oxygens (including phenoxy) is 1. The summed E-state index contributed by atoms with van der Waals surface area (Å²) in [4.78, 5) is 0. The highest BCUT2D eigenvalue weighted by atomic mass is 19.1. The summed E-state index contributed by atoms with van der Waals surface area (Å²) in [5, 5.41) is 3.38. The van der Waals surface area contributed by atoms with Gasteiger partial charge in [-0.15, -0.1) is 0 Å². The van der Waals surface area contributed by atoms with Crippen molar-refractivity contribution < 1.29 is 9.13 Å². The van der Waals surface area contributed by atoms with Crippen LogP contribution < -0.4 is 10.1 Å². The maximum absolute atomic E-state index is 13.3. The van der Waals surface area contributed by atoms with E-state index in [4.69, 9.17) is 4.74 Å². The molecule has 1 N–H and O–H groups in total. The standard InChI is InChI=1S/C14H20FNO/c1-2-3-9-17-14-7-6-11(15)10-12(14)13-5-4-8-16-13/h6-7,10,13,16H,2-5,8-9H2,1H3/t13-/m1/s1. The molecule has 2 nitrogen and oxygen atoms in total. The Balaban J connectivity index is 2.12. The number of unbranched alkanes of at least 4 members (excludes halogenated alkanes) is 1.